The van der Waals surface area contributed by atoms with Gasteiger partial charge in [-0.2, -0.15) is 4.98 Å². The number of nitrogens with one attached hydrogen (secondary N) is 1. The number of anilines is 1. The number of thioether (sulfide) groups is 1. The Labute approximate surface area is 166 Å². The summed E-state index contributed by atoms with van der Waals surface area (Å²) in [6.45, 7) is 0. The first-order chi connectivity index (χ1) is 13.0. The highest BCUT2D eigenvalue weighted by Gasteiger charge is 2.26. The minimum absolute atomic E-state index is 0.0192. The van der Waals surface area contributed by atoms with Crippen molar-refractivity contribution in [3.05, 3.63) is 62.6 Å². The molecule has 1 atom stereocenters. The molecule has 0 saturated carbocycles. The van der Waals surface area contributed by atoms with Crippen LogP contribution in [0.4, 0.5) is 11.4 Å². The maximum absolute atomic E-state index is 10.9. The topological polar surface area (TPSA) is 103 Å². The predicted molar refractivity (Wildman–Crippen MR) is 105 cm³/mol. The summed E-state index contributed by atoms with van der Waals surface area (Å²) in [4.78, 5) is 14.9. The fourth-order valence-electron chi connectivity index (χ4n) is 2.68. The van der Waals surface area contributed by atoms with Gasteiger partial charge in [0.15, 0.2) is 11.9 Å². The van der Waals surface area contributed by atoms with Crippen LogP contribution in [0, 0.1) is 10.1 Å². The van der Waals surface area contributed by atoms with Gasteiger partial charge in [0.05, 0.1) is 4.92 Å². The maximum Gasteiger partial charge on any atom is 0.269 e. The third-order valence-corrected chi connectivity index (χ3v) is 5.01. The number of benzene rings is 2. The second kappa shape index (κ2) is 7.12. The lowest BCUT2D eigenvalue weighted by molar-refractivity contribution is -0.384. The van der Waals surface area contributed by atoms with Gasteiger partial charge >= 0.3 is 0 Å². The summed E-state index contributed by atoms with van der Waals surface area (Å²) in [7, 11) is 0. The zero-order valence-electron chi connectivity index (χ0n) is 13.9. The summed E-state index contributed by atoms with van der Waals surface area (Å²) in [6.07, 6.45) is 1.27. The van der Waals surface area contributed by atoms with Crippen LogP contribution in [0.5, 0.6) is 5.88 Å². The number of nitrogens with zero attached hydrogens (tertiary/aromatic N) is 4. The number of non-ortho nitro benzene ring substituents is 1. The molecule has 4 rings (SSSR count). The summed E-state index contributed by atoms with van der Waals surface area (Å²) in [5, 5.41) is 23.1. The van der Waals surface area contributed by atoms with Crippen molar-refractivity contribution in [1.82, 2.24) is 15.2 Å². The van der Waals surface area contributed by atoms with Crippen LogP contribution in [-0.4, -0.2) is 26.4 Å². The lowest BCUT2D eigenvalue weighted by Gasteiger charge is -2.19. The highest BCUT2D eigenvalue weighted by molar-refractivity contribution is 9.10. The Hall–Kier alpha value is -2.72. The minimum Gasteiger partial charge on any atom is -0.448 e. The number of halogens is 1. The lowest BCUT2D eigenvalue weighted by Crippen LogP contribution is -2.17. The molecule has 1 aromatic heterocycles. The van der Waals surface area contributed by atoms with Crippen molar-refractivity contribution < 1.29 is 9.66 Å². The Bertz CT molecular complexity index is 1030. The average Bonchev–Trinajstić information content (AvgIpc) is 2.84. The third-order valence-electron chi connectivity index (χ3n) is 3.98. The van der Waals surface area contributed by atoms with Crippen molar-refractivity contribution in [2.24, 2.45) is 0 Å². The molecule has 0 radical (unpaired) electrons. The predicted octanol–water partition coefficient (Wildman–Crippen LogP) is 4.43. The lowest BCUT2D eigenvalue weighted by atomic mass is 10.1. The highest BCUT2D eigenvalue weighted by atomic mass is 79.9. The molecule has 8 nitrogen and oxygen atoms in total. The Morgan fingerprint density at radius 1 is 1.22 bits per heavy atom. The standard InChI is InChI=1S/C17H12BrN5O3S/c1-27-17-20-16-14(21-22-17)12-8-10(18)4-7-13(12)19-15(26-16)9-2-5-11(6-3-9)23(24)25/h2-8,15,19H,1H3. The van der Waals surface area contributed by atoms with Crippen molar-refractivity contribution in [3.63, 3.8) is 0 Å². The zero-order valence-corrected chi connectivity index (χ0v) is 16.3. The maximum atomic E-state index is 10.9. The number of hydrogen-bond acceptors (Lipinski definition) is 8. The van der Waals surface area contributed by atoms with E-state index in [-0.39, 0.29) is 5.69 Å². The molecule has 2 aromatic carbocycles. The van der Waals surface area contributed by atoms with E-state index in [1.807, 2.05) is 24.5 Å². The van der Waals surface area contributed by atoms with Crippen molar-refractivity contribution in [2.45, 2.75) is 11.4 Å². The largest absolute Gasteiger partial charge is 0.448 e. The van der Waals surface area contributed by atoms with Crippen LogP contribution in [0.25, 0.3) is 11.3 Å². The Morgan fingerprint density at radius 3 is 2.70 bits per heavy atom. The van der Waals surface area contributed by atoms with Gasteiger partial charge in [0, 0.05) is 33.4 Å². The van der Waals surface area contributed by atoms with E-state index in [0.717, 1.165) is 21.3 Å². The van der Waals surface area contributed by atoms with Crippen LogP contribution in [-0.2, 0) is 0 Å². The summed E-state index contributed by atoms with van der Waals surface area (Å²) >= 11 is 4.84. The van der Waals surface area contributed by atoms with E-state index in [4.69, 9.17) is 4.74 Å². The van der Waals surface area contributed by atoms with Crippen molar-refractivity contribution in [1.29, 1.82) is 0 Å². The fourth-order valence-corrected chi connectivity index (χ4v) is 3.34. The summed E-state index contributed by atoms with van der Waals surface area (Å²) < 4.78 is 6.97. The van der Waals surface area contributed by atoms with Gasteiger partial charge in [0.25, 0.3) is 5.69 Å². The molecule has 1 aliphatic rings. The number of rotatable bonds is 3. The number of hydrogen-bond donors (Lipinski definition) is 1. The first kappa shape index (κ1) is 17.7. The molecule has 0 aliphatic carbocycles. The fraction of sp³-hybridized carbons (Fsp3) is 0.118. The molecule has 0 fully saturated rings. The summed E-state index contributed by atoms with van der Waals surface area (Å²) in [6, 6.07) is 11.9. The van der Waals surface area contributed by atoms with Crippen molar-refractivity contribution in [2.75, 3.05) is 11.6 Å². The quantitative estimate of drug-likeness (QED) is 0.358. The molecule has 0 amide bonds. The van der Waals surface area contributed by atoms with E-state index in [9.17, 15) is 10.1 Å². The van der Waals surface area contributed by atoms with Gasteiger partial charge in [-0.3, -0.25) is 10.1 Å². The first-order valence-corrected chi connectivity index (χ1v) is 9.83. The van der Waals surface area contributed by atoms with E-state index in [0.29, 0.717) is 16.7 Å². The van der Waals surface area contributed by atoms with Gasteiger partial charge < -0.3 is 10.1 Å². The molecule has 0 spiro atoms. The van der Waals surface area contributed by atoms with Crippen molar-refractivity contribution >= 4 is 39.1 Å². The van der Waals surface area contributed by atoms with Gasteiger partial charge in [-0.25, -0.2) is 0 Å². The van der Waals surface area contributed by atoms with Gasteiger partial charge in [-0.15, -0.1) is 10.2 Å². The van der Waals surface area contributed by atoms with Crippen molar-refractivity contribution in [3.8, 4) is 17.1 Å². The normalized spacial score (nSPS) is 15.0. The minimum atomic E-state index is -0.585. The number of aromatic nitrogens is 3. The third kappa shape index (κ3) is 3.45. The highest BCUT2D eigenvalue weighted by Crippen LogP contribution is 2.40. The van der Waals surface area contributed by atoms with Gasteiger partial charge in [-0.05, 0) is 36.6 Å². The second-order valence-electron chi connectivity index (χ2n) is 5.63. The molecule has 1 aliphatic heterocycles. The molecule has 2 heterocycles. The molecule has 0 saturated heterocycles. The summed E-state index contributed by atoms with van der Waals surface area (Å²) in [5.41, 5.74) is 2.88. The molecule has 10 heteroatoms. The van der Waals surface area contributed by atoms with Crippen LogP contribution in [0.2, 0.25) is 0 Å². The van der Waals surface area contributed by atoms with Crippen LogP contribution < -0.4 is 10.1 Å². The van der Waals surface area contributed by atoms with Crippen LogP contribution in [0.15, 0.2) is 52.1 Å². The molecule has 1 N–H and O–H groups in total. The van der Waals surface area contributed by atoms with Crippen LogP contribution >= 0.6 is 27.7 Å². The Balaban J connectivity index is 1.82. The van der Waals surface area contributed by atoms with Gasteiger partial charge in [-0.1, -0.05) is 27.7 Å². The summed E-state index contributed by atoms with van der Waals surface area (Å²) in [5.74, 6) is 0.349. The Morgan fingerprint density at radius 2 is 2.00 bits per heavy atom. The SMILES string of the molecule is CSc1nnc2c(n1)OC(c1ccc([N+](=O)[O-])cc1)Nc1ccc(Br)cc1-2. The van der Waals surface area contributed by atoms with E-state index in [2.05, 4.69) is 36.4 Å². The van der Waals surface area contributed by atoms with Gasteiger partial charge in [0.1, 0.15) is 0 Å². The molecule has 3 aromatic rings. The first-order valence-electron chi connectivity index (χ1n) is 7.81. The number of nitro benzene ring substituents is 1. The Kier molecular flexibility index (Phi) is 4.66. The van der Waals surface area contributed by atoms with Gasteiger partial charge in [0.2, 0.25) is 11.0 Å². The molecule has 0 bridgehead atoms. The second-order valence-corrected chi connectivity index (χ2v) is 7.32. The smallest absolute Gasteiger partial charge is 0.269 e. The van der Waals surface area contributed by atoms with E-state index < -0.39 is 11.2 Å². The zero-order chi connectivity index (χ0) is 19.0. The number of fused-ring (bicyclic) bond motifs is 3. The molecular formula is C17H12BrN5O3S. The number of nitro groups is 1. The molecule has 1 unspecified atom stereocenters. The molecular weight excluding hydrogens is 434 g/mol. The van der Waals surface area contributed by atoms with E-state index in [1.165, 1.54) is 23.9 Å². The van der Waals surface area contributed by atoms with Crippen LogP contribution in [0.3, 0.4) is 0 Å². The average molecular weight is 446 g/mol. The van der Waals surface area contributed by atoms with E-state index >= 15 is 0 Å². The number of ether oxygens (including phenoxy) is 1. The van der Waals surface area contributed by atoms with Crippen LogP contribution in [0.1, 0.15) is 11.8 Å². The van der Waals surface area contributed by atoms with E-state index in [1.54, 1.807) is 12.1 Å². The monoisotopic (exact) mass is 445 g/mol. The molecule has 136 valence electrons. The molecule has 27 heavy (non-hydrogen) atoms.